The lowest BCUT2D eigenvalue weighted by molar-refractivity contribution is 1.16. The smallest absolute Gasteiger partial charge is 0.0562 e. The highest BCUT2D eigenvalue weighted by Gasteiger charge is 2.21. The van der Waals surface area contributed by atoms with Crippen molar-refractivity contribution in [3.05, 3.63) is 188 Å². The maximum atomic E-state index is 2.45. The molecule has 0 saturated carbocycles. The predicted molar refractivity (Wildman–Crippen MR) is 215 cm³/mol. The van der Waals surface area contributed by atoms with Gasteiger partial charge < -0.3 is 13.7 Å². The molecule has 11 aromatic rings. The zero-order valence-electron chi connectivity index (χ0n) is 27.7. The van der Waals surface area contributed by atoms with Crippen LogP contribution >= 0.6 is 0 Å². The molecular weight excluding hydrogens is 619 g/mol. The average Bonchev–Trinajstić information content (AvgIpc) is 3.84. The van der Waals surface area contributed by atoms with Crippen LogP contribution < -0.4 is 0 Å². The highest BCUT2D eigenvalue weighted by atomic mass is 15.0. The quantitative estimate of drug-likeness (QED) is 0.180. The Hall–Kier alpha value is -6.84. The fraction of sp³-hybridized carbons (Fsp3) is 0. The molecule has 0 aliphatic heterocycles. The summed E-state index contributed by atoms with van der Waals surface area (Å²) in [6, 6.07) is 68.4. The van der Waals surface area contributed by atoms with Crippen LogP contribution in [-0.4, -0.2) is 13.7 Å². The van der Waals surface area contributed by atoms with Crippen LogP contribution in [-0.2, 0) is 0 Å². The molecule has 0 fully saturated rings. The molecule has 238 valence electrons. The summed E-state index contributed by atoms with van der Waals surface area (Å²) in [4.78, 5) is 0. The van der Waals surface area contributed by atoms with Gasteiger partial charge in [-0.1, -0.05) is 127 Å². The lowest BCUT2D eigenvalue weighted by atomic mass is 10.0. The number of hydrogen-bond donors (Lipinski definition) is 0. The van der Waals surface area contributed by atoms with E-state index in [0.29, 0.717) is 0 Å². The number of benzene rings is 8. The molecule has 0 saturated heterocycles. The van der Waals surface area contributed by atoms with Gasteiger partial charge in [-0.05, 0) is 66.2 Å². The third-order valence-electron chi connectivity index (χ3n) is 10.6. The summed E-state index contributed by atoms with van der Waals surface area (Å²) in [5, 5.41) is 7.50. The summed E-state index contributed by atoms with van der Waals surface area (Å²) in [5.41, 5.74) is 13.1. The van der Waals surface area contributed by atoms with Crippen LogP contribution in [0.15, 0.2) is 188 Å². The standard InChI is InChI=1S/C48H31N3/c1-2-15-32(16-3-1)34-17-4-9-22-40(34)50-43-25-12-7-20-37(43)39-31-33(29-30-45(39)50)49-44-26-13-8-21-38(44)48-46(49)27-14-28-47(48)51-41-23-10-5-18-35(41)36-19-6-11-24-42(36)51/h1-31H. The normalized spacial score (nSPS) is 11.9. The second-order valence-corrected chi connectivity index (χ2v) is 13.3. The summed E-state index contributed by atoms with van der Waals surface area (Å²) in [6.45, 7) is 0. The Balaban J connectivity index is 1.19. The van der Waals surface area contributed by atoms with E-state index < -0.39 is 0 Å². The second-order valence-electron chi connectivity index (χ2n) is 13.3. The highest BCUT2D eigenvalue weighted by molar-refractivity contribution is 6.17. The molecule has 8 aromatic carbocycles. The van der Waals surface area contributed by atoms with Crippen molar-refractivity contribution in [1.82, 2.24) is 13.7 Å². The van der Waals surface area contributed by atoms with Gasteiger partial charge in [-0.3, -0.25) is 0 Å². The van der Waals surface area contributed by atoms with E-state index in [1.54, 1.807) is 0 Å². The zero-order chi connectivity index (χ0) is 33.5. The molecule has 3 heterocycles. The van der Waals surface area contributed by atoms with Gasteiger partial charge in [0, 0.05) is 43.6 Å². The SMILES string of the molecule is c1ccc(-c2ccccc2-n2c3ccccc3c3cc(-n4c5ccccc5c5c(-n6c7ccccc7c7ccccc76)cccc54)ccc32)cc1. The third kappa shape index (κ3) is 4.00. The van der Waals surface area contributed by atoms with Crippen LogP contribution in [0.25, 0.3) is 93.6 Å². The Morgan fingerprint density at radius 3 is 1.43 bits per heavy atom. The fourth-order valence-corrected chi connectivity index (χ4v) is 8.54. The zero-order valence-corrected chi connectivity index (χ0v) is 27.7. The summed E-state index contributed by atoms with van der Waals surface area (Å²) in [7, 11) is 0. The van der Waals surface area contributed by atoms with Crippen LogP contribution in [0.4, 0.5) is 0 Å². The van der Waals surface area contributed by atoms with Crippen molar-refractivity contribution >= 4 is 65.4 Å². The number of para-hydroxylation sites is 5. The van der Waals surface area contributed by atoms with E-state index in [9.17, 15) is 0 Å². The summed E-state index contributed by atoms with van der Waals surface area (Å²) >= 11 is 0. The number of fused-ring (bicyclic) bond motifs is 9. The molecule has 0 aliphatic rings. The molecule has 3 heteroatoms. The van der Waals surface area contributed by atoms with Crippen LogP contribution in [0.5, 0.6) is 0 Å². The minimum atomic E-state index is 1.15. The Bertz CT molecular complexity index is 3080. The lowest BCUT2D eigenvalue weighted by Gasteiger charge is -2.14. The molecule has 0 aliphatic carbocycles. The summed E-state index contributed by atoms with van der Waals surface area (Å²) < 4.78 is 7.33. The van der Waals surface area contributed by atoms with Crippen LogP contribution in [0.2, 0.25) is 0 Å². The van der Waals surface area contributed by atoms with Crippen LogP contribution in [0, 0.1) is 0 Å². The minimum Gasteiger partial charge on any atom is -0.309 e. The van der Waals surface area contributed by atoms with Gasteiger partial charge in [0.1, 0.15) is 0 Å². The van der Waals surface area contributed by atoms with Crippen molar-refractivity contribution in [2.75, 3.05) is 0 Å². The topological polar surface area (TPSA) is 14.8 Å². The number of rotatable bonds is 4. The second kappa shape index (κ2) is 10.8. The number of hydrogen-bond acceptors (Lipinski definition) is 0. The first kappa shape index (κ1) is 28.0. The molecule has 0 spiro atoms. The van der Waals surface area contributed by atoms with E-state index in [-0.39, 0.29) is 0 Å². The summed E-state index contributed by atoms with van der Waals surface area (Å²) in [6.07, 6.45) is 0. The Kier molecular flexibility index (Phi) is 5.96. The fourth-order valence-electron chi connectivity index (χ4n) is 8.54. The Morgan fingerprint density at radius 2 is 0.745 bits per heavy atom. The molecule has 0 unspecified atom stereocenters. The molecular formula is C48H31N3. The van der Waals surface area contributed by atoms with Crippen molar-refractivity contribution in [1.29, 1.82) is 0 Å². The third-order valence-corrected chi connectivity index (χ3v) is 10.6. The number of aromatic nitrogens is 3. The van der Waals surface area contributed by atoms with Gasteiger partial charge in [0.25, 0.3) is 0 Å². The van der Waals surface area contributed by atoms with Crippen molar-refractivity contribution in [3.63, 3.8) is 0 Å². The number of nitrogens with zero attached hydrogens (tertiary/aromatic N) is 3. The molecule has 11 rings (SSSR count). The maximum absolute atomic E-state index is 2.45. The first-order valence-corrected chi connectivity index (χ1v) is 17.5. The van der Waals surface area contributed by atoms with Gasteiger partial charge in [-0.2, -0.15) is 0 Å². The molecule has 0 atom stereocenters. The van der Waals surface area contributed by atoms with Gasteiger partial charge in [0.05, 0.1) is 44.5 Å². The molecule has 0 N–H and O–H groups in total. The lowest BCUT2D eigenvalue weighted by Crippen LogP contribution is -1.98. The molecule has 51 heavy (non-hydrogen) atoms. The van der Waals surface area contributed by atoms with Gasteiger partial charge in [-0.15, -0.1) is 0 Å². The molecule has 3 aromatic heterocycles. The van der Waals surface area contributed by atoms with Crippen LogP contribution in [0.1, 0.15) is 0 Å². The average molecular weight is 650 g/mol. The highest BCUT2D eigenvalue weighted by Crippen LogP contribution is 2.42. The van der Waals surface area contributed by atoms with E-state index in [1.165, 1.54) is 87.9 Å². The van der Waals surface area contributed by atoms with Crippen LogP contribution in [0.3, 0.4) is 0 Å². The van der Waals surface area contributed by atoms with E-state index in [1.807, 2.05) is 0 Å². The Labute approximate surface area is 294 Å². The van der Waals surface area contributed by atoms with Crippen molar-refractivity contribution in [3.8, 4) is 28.2 Å². The van der Waals surface area contributed by atoms with E-state index >= 15 is 0 Å². The molecule has 0 bridgehead atoms. The van der Waals surface area contributed by atoms with Gasteiger partial charge in [0.15, 0.2) is 0 Å². The van der Waals surface area contributed by atoms with Crippen molar-refractivity contribution < 1.29 is 0 Å². The van der Waals surface area contributed by atoms with E-state index in [0.717, 1.165) is 5.69 Å². The summed E-state index contributed by atoms with van der Waals surface area (Å²) in [5.74, 6) is 0. The van der Waals surface area contributed by atoms with Gasteiger partial charge in [0.2, 0.25) is 0 Å². The van der Waals surface area contributed by atoms with Crippen molar-refractivity contribution in [2.24, 2.45) is 0 Å². The molecule has 0 amide bonds. The molecule has 0 radical (unpaired) electrons. The minimum absolute atomic E-state index is 1.15. The first-order valence-electron chi connectivity index (χ1n) is 17.5. The largest absolute Gasteiger partial charge is 0.309 e. The monoisotopic (exact) mass is 649 g/mol. The first-order chi connectivity index (χ1) is 25.3. The Morgan fingerprint density at radius 1 is 0.275 bits per heavy atom. The predicted octanol–water partition coefficient (Wildman–Crippen LogP) is 12.6. The molecule has 3 nitrogen and oxygen atoms in total. The van der Waals surface area contributed by atoms with Gasteiger partial charge >= 0.3 is 0 Å². The van der Waals surface area contributed by atoms with Gasteiger partial charge in [-0.25, -0.2) is 0 Å². The van der Waals surface area contributed by atoms with E-state index in [2.05, 4.69) is 202 Å². The maximum Gasteiger partial charge on any atom is 0.0562 e. The van der Waals surface area contributed by atoms with E-state index in [4.69, 9.17) is 0 Å². The van der Waals surface area contributed by atoms with Crippen molar-refractivity contribution in [2.45, 2.75) is 0 Å².